The average Bonchev–Trinajstić information content (AvgIpc) is 2.91. The van der Waals surface area contributed by atoms with Gasteiger partial charge in [0.25, 0.3) is 0 Å². The van der Waals surface area contributed by atoms with Crippen molar-refractivity contribution in [3.05, 3.63) is 64.4 Å². The Morgan fingerprint density at radius 3 is 2.70 bits per heavy atom. The first-order chi connectivity index (χ1) is 11.1. The Morgan fingerprint density at radius 1 is 1.35 bits per heavy atom. The number of hydrogen-bond acceptors (Lipinski definition) is 3. The van der Waals surface area contributed by atoms with Crippen molar-refractivity contribution in [2.75, 3.05) is 6.54 Å². The molecule has 120 valence electrons. The van der Waals surface area contributed by atoms with Crippen LogP contribution in [0.4, 0.5) is 0 Å². The Hall–Kier alpha value is -1.72. The molecule has 0 radical (unpaired) electrons. The van der Waals surface area contributed by atoms with E-state index in [-0.39, 0.29) is 6.04 Å². The number of hydrogen-bond donors (Lipinski definition) is 1. The first-order valence-corrected chi connectivity index (χ1v) is 8.49. The van der Waals surface area contributed by atoms with Crippen molar-refractivity contribution >= 4 is 21.9 Å². The molecule has 2 heterocycles. The number of carboxylic acid groups (broad SMARTS) is 1. The molecule has 1 N–H and O–H groups in total. The van der Waals surface area contributed by atoms with Crippen LogP contribution in [-0.4, -0.2) is 33.5 Å². The third-order valence-corrected chi connectivity index (χ3v) is 5.06. The van der Waals surface area contributed by atoms with Gasteiger partial charge in [0.1, 0.15) is 6.04 Å². The van der Waals surface area contributed by atoms with E-state index in [2.05, 4.69) is 44.9 Å². The highest BCUT2D eigenvalue weighted by atomic mass is 79.9. The number of halogens is 1. The number of nitrogens with zero attached hydrogens (tertiary/aromatic N) is 2. The Kier molecular flexibility index (Phi) is 4.78. The van der Waals surface area contributed by atoms with Crippen LogP contribution < -0.4 is 0 Å². The number of rotatable bonds is 4. The zero-order valence-electron chi connectivity index (χ0n) is 12.9. The van der Waals surface area contributed by atoms with E-state index in [0.29, 0.717) is 5.92 Å². The molecule has 3 unspecified atom stereocenters. The summed E-state index contributed by atoms with van der Waals surface area (Å²) < 4.78 is 1.06. The summed E-state index contributed by atoms with van der Waals surface area (Å²) in [6.45, 7) is 2.85. The van der Waals surface area contributed by atoms with Crippen LogP contribution in [0.1, 0.15) is 36.4 Å². The quantitative estimate of drug-likeness (QED) is 0.882. The number of carbonyl (C=O) groups is 1. The molecule has 4 nitrogen and oxygen atoms in total. The molecule has 3 atom stereocenters. The van der Waals surface area contributed by atoms with Crippen molar-refractivity contribution in [2.45, 2.75) is 31.3 Å². The average molecular weight is 375 g/mol. The summed E-state index contributed by atoms with van der Waals surface area (Å²) in [6, 6.07) is 11.5. The number of aliphatic carboxylic acids is 1. The minimum Gasteiger partial charge on any atom is -0.480 e. The summed E-state index contributed by atoms with van der Waals surface area (Å²) in [5, 5.41) is 9.72. The molecular formula is C18H19BrN2O2. The second kappa shape index (κ2) is 6.81. The number of likely N-dealkylation sites (tertiary alicyclic amines) is 1. The third-order valence-electron chi connectivity index (χ3n) is 4.53. The van der Waals surface area contributed by atoms with Crippen molar-refractivity contribution in [2.24, 2.45) is 0 Å². The molecule has 1 saturated heterocycles. The van der Waals surface area contributed by atoms with Crippen LogP contribution in [0.5, 0.6) is 0 Å². The topological polar surface area (TPSA) is 53.4 Å². The van der Waals surface area contributed by atoms with Crippen molar-refractivity contribution in [3.8, 4) is 0 Å². The molecule has 1 aliphatic rings. The SMILES string of the molecule is CC1CC(c2ccc(Br)cc2)CN1C(C(=O)O)c1cccnc1. The number of carboxylic acids is 1. The molecule has 5 heteroatoms. The van der Waals surface area contributed by atoms with Crippen LogP contribution in [-0.2, 0) is 4.79 Å². The van der Waals surface area contributed by atoms with Gasteiger partial charge in [-0.2, -0.15) is 0 Å². The molecule has 2 aromatic rings. The maximum absolute atomic E-state index is 11.8. The zero-order valence-corrected chi connectivity index (χ0v) is 14.5. The predicted octanol–water partition coefficient (Wildman–Crippen LogP) is 3.85. The van der Waals surface area contributed by atoms with Gasteiger partial charge in [-0.15, -0.1) is 0 Å². The van der Waals surface area contributed by atoms with Gasteiger partial charge in [0.2, 0.25) is 0 Å². The summed E-state index contributed by atoms with van der Waals surface area (Å²) in [5.74, 6) is -0.460. The van der Waals surface area contributed by atoms with Gasteiger partial charge in [-0.25, -0.2) is 0 Å². The summed E-state index contributed by atoms with van der Waals surface area (Å²) in [4.78, 5) is 18.0. The second-order valence-corrected chi connectivity index (χ2v) is 6.97. The van der Waals surface area contributed by atoms with E-state index >= 15 is 0 Å². The van der Waals surface area contributed by atoms with Gasteiger partial charge in [-0.05, 0) is 48.6 Å². The maximum atomic E-state index is 11.8. The van der Waals surface area contributed by atoms with Gasteiger partial charge in [-0.1, -0.05) is 34.1 Å². The lowest BCUT2D eigenvalue weighted by molar-refractivity contribution is -0.144. The smallest absolute Gasteiger partial charge is 0.325 e. The lowest BCUT2D eigenvalue weighted by Crippen LogP contribution is -2.36. The highest BCUT2D eigenvalue weighted by Gasteiger charge is 2.38. The molecular weight excluding hydrogens is 356 g/mol. The second-order valence-electron chi connectivity index (χ2n) is 6.06. The standard InChI is InChI=1S/C18H19BrN2O2/c1-12-9-15(13-4-6-16(19)7-5-13)11-21(12)17(18(22)23)14-3-2-8-20-10-14/h2-8,10,12,15,17H,9,11H2,1H3,(H,22,23). The Labute approximate surface area is 144 Å². The molecule has 1 fully saturated rings. The molecule has 3 rings (SSSR count). The fourth-order valence-corrected chi connectivity index (χ4v) is 3.67. The zero-order chi connectivity index (χ0) is 16.4. The largest absolute Gasteiger partial charge is 0.480 e. The molecule has 1 aromatic heterocycles. The van der Waals surface area contributed by atoms with Crippen LogP contribution >= 0.6 is 15.9 Å². The first-order valence-electron chi connectivity index (χ1n) is 7.70. The molecule has 0 spiro atoms. The van der Waals surface area contributed by atoms with E-state index in [1.165, 1.54) is 5.56 Å². The van der Waals surface area contributed by atoms with E-state index in [1.54, 1.807) is 18.5 Å². The summed E-state index contributed by atoms with van der Waals surface area (Å²) in [6.07, 6.45) is 4.28. The number of pyridine rings is 1. The molecule has 0 amide bonds. The molecule has 1 aliphatic heterocycles. The van der Waals surface area contributed by atoms with Crippen molar-refractivity contribution in [1.82, 2.24) is 9.88 Å². The Balaban J connectivity index is 1.84. The molecule has 0 saturated carbocycles. The summed E-state index contributed by atoms with van der Waals surface area (Å²) >= 11 is 3.46. The highest BCUT2D eigenvalue weighted by Crippen LogP contribution is 2.37. The van der Waals surface area contributed by atoms with E-state index < -0.39 is 12.0 Å². The first kappa shape index (κ1) is 16.1. The summed E-state index contributed by atoms with van der Waals surface area (Å²) in [5.41, 5.74) is 2.00. The van der Waals surface area contributed by atoms with E-state index in [9.17, 15) is 9.90 Å². The van der Waals surface area contributed by atoms with Gasteiger partial charge < -0.3 is 5.11 Å². The molecule has 1 aromatic carbocycles. The number of aromatic nitrogens is 1. The molecule has 23 heavy (non-hydrogen) atoms. The minimum atomic E-state index is -0.818. The molecule has 0 bridgehead atoms. The van der Waals surface area contributed by atoms with Crippen molar-refractivity contribution in [3.63, 3.8) is 0 Å². The lowest BCUT2D eigenvalue weighted by atomic mass is 9.97. The predicted molar refractivity (Wildman–Crippen MR) is 92.3 cm³/mol. The van der Waals surface area contributed by atoms with Crippen LogP contribution in [0, 0.1) is 0 Å². The lowest BCUT2D eigenvalue weighted by Gasteiger charge is -2.28. The molecule has 0 aliphatic carbocycles. The summed E-state index contributed by atoms with van der Waals surface area (Å²) in [7, 11) is 0. The van der Waals surface area contributed by atoms with Gasteiger partial charge in [-0.3, -0.25) is 14.7 Å². The van der Waals surface area contributed by atoms with Crippen molar-refractivity contribution < 1.29 is 9.90 Å². The monoisotopic (exact) mass is 374 g/mol. The minimum absolute atomic E-state index is 0.213. The Bertz CT molecular complexity index is 675. The van der Waals surface area contributed by atoms with Crippen LogP contribution in [0.2, 0.25) is 0 Å². The highest BCUT2D eigenvalue weighted by molar-refractivity contribution is 9.10. The van der Waals surface area contributed by atoms with E-state index in [0.717, 1.165) is 23.0 Å². The van der Waals surface area contributed by atoms with Crippen molar-refractivity contribution in [1.29, 1.82) is 0 Å². The third kappa shape index (κ3) is 3.46. The van der Waals surface area contributed by atoms with E-state index in [4.69, 9.17) is 0 Å². The van der Waals surface area contributed by atoms with Gasteiger partial charge in [0.05, 0.1) is 0 Å². The van der Waals surface area contributed by atoms with E-state index in [1.807, 2.05) is 18.2 Å². The number of benzene rings is 1. The fourth-order valence-electron chi connectivity index (χ4n) is 3.41. The maximum Gasteiger partial charge on any atom is 0.325 e. The fraction of sp³-hybridized carbons (Fsp3) is 0.333. The van der Waals surface area contributed by atoms with Gasteiger partial charge >= 0.3 is 5.97 Å². The van der Waals surface area contributed by atoms with Gasteiger partial charge in [0, 0.05) is 29.5 Å². The normalized spacial score (nSPS) is 22.9. The van der Waals surface area contributed by atoms with Gasteiger partial charge in [0.15, 0.2) is 0 Å². The Morgan fingerprint density at radius 2 is 2.09 bits per heavy atom. The van der Waals surface area contributed by atoms with Crippen LogP contribution in [0.3, 0.4) is 0 Å². The van der Waals surface area contributed by atoms with Crippen LogP contribution in [0.25, 0.3) is 0 Å². The van der Waals surface area contributed by atoms with Crippen LogP contribution in [0.15, 0.2) is 53.3 Å².